The minimum Gasteiger partial charge on any atom is -0.324 e. The number of amides is 3. The number of likely N-dealkylation sites (tertiary alicyclic amines) is 1. The summed E-state index contributed by atoms with van der Waals surface area (Å²) < 4.78 is 0. The Kier molecular flexibility index (Phi) is 3.57. The van der Waals surface area contributed by atoms with Crippen LogP contribution < -0.4 is 10.6 Å². The van der Waals surface area contributed by atoms with Crippen LogP contribution >= 0.6 is 0 Å². The van der Waals surface area contributed by atoms with Crippen molar-refractivity contribution in [3.8, 4) is 0 Å². The van der Waals surface area contributed by atoms with E-state index in [4.69, 9.17) is 0 Å². The zero-order valence-electron chi connectivity index (χ0n) is 15.8. The van der Waals surface area contributed by atoms with Gasteiger partial charge in [0.1, 0.15) is 5.54 Å². The number of carbonyl (C=O) groups excluding carboxylic acids is 3. The average Bonchev–Trinajstić information content (AvgIpc) is 3.16. The molecule has 1 spiro atoms. The quantitative estimate of drug-likeness (QED) is 0.794. The molecule has 0 bridgehead atoms. The van der Waals surface area contributed by atoms with Gasteiger partial charge < -0.3 is 5.32 Å². The van der Waals surface area contributed by atoms with Crippen molar-refractivity contribution in [2.45, 2.75) is 58.7 Å². The van der Waals surface area contributed by atoms with E-state index in [1.54, 1.807) is 0 Å². The van der Waals surface area contributed by atoms with E-state index in [1.807, 2.05) is 46.8 Å². The number of aryl methyl sites for hydroxylation is 1. The second-order valence-corrected chi connectivity index (χ2v) is 7.93. The number of hydrogen-bond acceptors (Lipinski definition) is 4. The molecule has 26 heavy (non-hydrogen) atoms. The van der Waals surface area contributed by atoms with Crippen LogP contribution in [0.15, 0.2) is 12.1 Å². The number of nitrogens with zero attached hydrogens (tertiary/aromatic N) is 1. The molecule has 3 heterocycles. The lowest BCUT2D eigenvalue weighted by molar-refractivity contribution is -0.145. The van der Waals surface area contributed by atoms with Crippen molar-refractivity contribution in [3.05, 3.63) is 28.8 Å². The van der Waals surface area contributed by atoms with E-state index in [-0.39, 0.29) is 29.8 Å². The average molecular weight is 355 g/mol. The molecular formula is C20H25N3O3. The molecule has 0 unspecified atom stereocenters. The smallest absolute Gasteiger partial charge is 0.250 e. The molecule has 2 saturated heterocycles. The molecular weight excluding hydrogens is 330 g/mol. The summed E-state index contributed by atoms with van der Waals surface area (Å²) in [6.45, 7) is 9.70. The summed E-state index contributed by atoms with van der Waals surface area (Å²) in [5, 5.41) is 6.32. The summed E-state index contributed by atoms with van der Waals surface area (Å²) >= 11 is 0. The number of nitrogens with one attached hydrogen (secondary N) is 2. The van der Waals surface area contributed by atoms with Crippen molar-refractivity contribution >= 4 is 23.4 Å². The number of fused-ring (bicyclic) bond motifs is 4. The van der Waals surface area contributed by atoms with Gasteiger partial charge in [0.2, 0.25) is 17.7 Å². The van der Waals surface area contributed by atoms with Gasteiger partial charge in [0.25, 0.3) is 0 Å². The maximum absolute atomic E-state index is 13.3. The van der Waals surface area contributed by atoms with E-state index in [9.17, 15) is 14.4 Å². The first-order chi connectivity index (χ1) is 12.3. The minimum absolute atomic E-state index is 0.156. The number of imide groups is 1. The van der Waals surface area contributed by atoms with Crippen LogP contribution in [-0.2, 0) is 19.9 Å². The van der Waals surface area contributed by atoms with Gasteiger partial charge in [-0.15, -0.1) is 0 Å². The molecule has 0 aromatic heterocycles. The van der Waals surface area contributed by atoms with Gasteiger partial charge in [-0.2, -0.15) is 0 Å². The van der Waals surface area contributed by atoms with E-state index < -0.39 is 17.4 Å². The Morgan fingerprint density at radius 3 is 2.54 bits per heavy atom. The Balaban J connectivity index is 1.90. The van der Waals surface area contributed by atoms with Crippen molar-refractivity contribution < 1.29 is 14.4 Å². The number of anilines is 1. The van der Waals surface area contributed by atoms with Crippen LogP contribution in [0.1, 0.15) is 43.9 Å². The molecule has 6 nitrogen and oxygen atoms in total. The predicted molar refractivity (Wildman–Crippen MR) is 97.4 cm³/mol. The number of benzene rings is 1. The maximum Gasteiger partial charge on any atom is 0.250 e. The van der Waals surface area contributed by atoms with E-state index >= 15 is 0 Å². The first-order valence-electron chi connectivity index (χ1n) is 9.32. The van der Waals surface area contributed by atoms with Crippen molar-refractivity contribution in [2.75, 3.05) is 5.32 Å². The third-order valence-corrected chi connectivity index (χ3v) is 6.63. The fourth-order valence-electron chi connectivity index (χ4n) is 4.92. The minimum atomic E-state index is -1.16. The van der Waals surface area contributed by atoms with Gasteiger partial charge in [0.15, 0.2) is 0 Å². The summed E-state index contributed by atoms with van der Waals surface area (Å²) in [7, 11) is 0. The summed E-state index contributed by atoms with van der Waals surface area (Å²) in [5.74, 6) is -1.81. The molecule has 1 aromatic carbocycles. The second kappa shape index (κ2) is 5.39. The van der Waals surface area contributed by atoms with Gasteiger partial charge in [-0.25, -0.2) is 0 Å². The molecule has 0 aliphatic carbocycles. The van der Waals surface area contributed by atoms with Gasteiger partial charge >= 0.3 is 0 Å². The fourth-order valence-corrected chi connectivity index (χ4v) is 4.92. The monoisotopic (exact) mass is 355 g/mol. The molecule has 3 aliphatic heterocycles. The number of hydrogen-bond donors (Lipinski definition) is 2. The molecule has 138 valence electrons. The van der Waals surface area contributed by atoms with Gasteiger partial charge in [-0.3, -0.25) is 24.6 Å². The topological polar surface area (TPSA) is 78.5 Å². The Labute approximate surface area is 153 Å². The van der Waals surface area contributed by atoms with Crippen LogP contribution in [0, 0.1) is 25.7 Å². The van der Waals surface area contributed by atoms with Crippen molar-refractivity contribution in [1.29, 1.82) is 0 Å². The maximum atomic E-state index is 13.3. The highest BCUT2D eigenvalue weighted by Gasteiger charge is 2.70. The van der Waals surface area contributed by atoms with Gasteiger partial charge in [0, 0.05) is 23.3 Å². The highest BCUT2D eigenvalue weighted by molar-refractivity contribution is 6.15. The highest BCUT2D eigenvalue weighted by Crippen LogP contribution is 2.53. The molecule has 2 N–H and O–H groups in total. The standard InChI is InChI=1S/C20H25N3O3/c1-6-10(3)23-17(24)14-12(5)22-20(15(14)18(23)25)13-8-7-9(2)11(4)16(13)21-19(20)26/h7-8,10,12,14-15,22H,6H2,1-5H3,(H,21,26)/t10-,12-,14-,15+,20+/m1/s1. The first kappa shape index (κ1) is 17.2. The predicted octanol–water partition coefficient (Wildman–Crippen LogP) is 1.84. The SMILES string of the molecule is CC[C@@H](C)N1C(=O)[C@H]2[C@@H](C1=O)[C@]1(N[C@@H]2C)C(=O)Nc2c1ccc(C)c2C. The number of rotatable bonds is 2. The molecule has 3 amide bonds. The third kappa shape index (κ3) is 1.83. The molecule has 0 radical (unpaired) electrons. The van der Waals surface area contributed by atoms with E-state index in [1.165, 1.54) is 4.90 Å². The summed E-state index contributed by atoms with van der Waals surface area (Å²) in [4.78, 5) is 40.9. The van der Waals surface area contributed by atoms with Crippen LogP contribution in [-0.4, -0.2) is 34.7 Å². The Bertz CT molecular complexity index is 849. The Morgan fingerprint density at radius 1 is 1.19 bits per heavy atom. The lowest BCUT2D eigenvalue weighted by atomic mass is 9.76. The third-order valence-electron chi connectivity index (χ3n) is 6.63. The van der Waals surface area contributed by atoms with E-state index in [2.05, 4.69) is 10.6 Å². The van der Waals surface area contributed by atoms with Crippen LogP contribution in [0.4, 0.5) is 5.69 Å². The van der Waals surface area contributed by atoms with Gasteiger partial charge in [-0.05, 0) is 45.2 Å². The summed E-state index contributed by atoms with van der Waals surface area (Å²) in [6.07, 6.45) is 0.701. The van der Waals surface area contributed by atoms with E-state index in [0.717, 1.165) is 22.4 Å². The fraction of sp³-hybridized carbons (Fsp3) is 0.550. The van der Waals surface area contributed by atoms with Gasteiger partial charge in [0.05, 0.1) is 11.8 Å². The molecule has 2 fully saturated rings. The normalized spacial score (nSPS) is 33.7. The van der Waals surface area contributed by atoms with Crippen LogP contribution in [0.5, 0.6) is 0 Å². The lowest BCUT2D eigenvalue weighted by Gasteiger charge is -2.30. The summed E-state index contributed by atoms with van der Waals surface area (Å²) in [6, 6.07) is 3.49. The first-order valence-corrected chi connectivity index (χ1v) is 9.32. The van der Waals surface area contributed by atoms with E-state index in [0.29, 0.717) is 6.42 Å². The highest BCUT2D eigenvalue weighted by atomic mass is 16.2. The zero-order chi connectivity index (χ0) is 19.0. The number of carbonyl (C=O) groups is 3. The zero-order valence-corrected chi connectivity index (χ0v) is 15.8. The van der Waals surface area contributed by atoms with Crippen LogP contribution in [0.2, 0.25) is 0 Å². The molecule has 5 atom stereocenters. The Morgan fingerprint density at radius 2 is 1.88 bits per heavy atom. The molecule has 6 heteroatoms. The van der Waals surface area contributed by atoms with Gasteiger partial charge in [-0.1, -0.05) is 19.1 Å². The van der Waals surface area contributed by atoms with Crippen LogP contribution in [0.25, 0.3) is 0 Å². The van der Waals surface area contributed by atoms with Crippen molar-refractivity contribution in [1.82, 2.24) is 10.2 Å². The summed E-state index contributed by atoms with van der Waals surface area (Å²) in [5.41, 5.74) is 2.49. The van der Waals surface area contributed by atoms with Crippen LogP contribution in [0.3, 0.4) is 0 Å². The largest absolute Gasteiger partial charge is 0.324 e. The molecule has 1 aromatic rings. The molecule has 3 aliphatic rings. The molecule has 4 rings (SSSR count). The van der Waals surface area contributed by atoms with Crippen molar-refractivity contribution in [3.63, 3.8) is 0 Å². The Hall–Kier alpha value is -2.21. The second-order valence-electron chi connectivity index (χ2n) is 7.93. The lowest BCUT2D eigenvalue weighted by Crippen LogP contribution is -2.53. The molecule has 0 saturated carbocycles. The van der Waals surface area contributed by atoms with Crippen molar-refractivity contribution in [2.24, 2.45) is 11.8 Å².